The maximum Gasteiger partial charge on any atom is 0.306 e. The van der Waals surface area contributed by atoms with E-state index in [1.54, 1.807) is 0 Å². The first-order valence-electron chi connectivity index (χ1n) is 33.4. The molecule has 0 saturated heterocycles. The Hall–Kier alpha value is -3.44. The molecular formula is C73H126O5. The third kappa shape index (κ3) is 65.1. The summed E-state index contributed by atoms with van der Waals surface area (Å²) < 4.78 is 10.7. The highest BCUT2D eigenvalue weighted by Gasteiger charge is 2.16. The van der Waals surface area contributed by atoms with Gasteiger partial charge in [0.1, 0.15) is 6.61 Å². The summed E-state index contributed by atoms with van der Waals surface area (Å²) in [6.07, 6.45) is 98.2. The Kier molecular flexibility index (Phi) is 64.8. The molecule has 0 amide bonds. The highest BCUT2D eigenvalue weighted by molar-refractivity contribution is 5.70. The molecular weight excluding hydrogens is 957 g/mol. The number of esters is 2. The second kappa shape index (κ2) is 67.8. The fourth-order valence-electron chi connectivity index (χ4n) is 9.61. The van der Waals surface area contributed by atoms with Crippen LogP contribution in [0.25, 0.3) is 0 Å². The molecule has 448 valence electrons. The molecule has 0 heterocycles. The van der Waals surface area contributed by atoms with E-state index in [0.717, 1.165) is 103 Å². The van der Waals surface area contributed by atoms with E-state index >= 15 is 0 Å². The molecule has 1 N–H and O–H groups in total. The van der Waals surface area contributed by atoms with E-state index in [1.165, 1.54) is 193 Å². The van der Waals surface area contributed by atoms with Crippen molar-refractivity contribution in [3.63, 3.8) is 0 Å². The first-order valence-corrected chi connectivity index (χ1v) is 33.4. The Morgan fingerprint density at radius 2 is 0.551 bits per heavy atom. The van der Waals surface area contributed by atoms with Crippen molar-refractivity contribution in [3.8, 4) is 0 Å². The maximum atomic E-state index is 12.4. The van der Waals surface area contributed by atoms with Gasteiger partial charge >= 0.3 is 11.9 Å². The molecule has 0 aliphatic carbocycles. The Morgan fingerprint density at radius 3 is 0.833 bits per heavy atom. The van der Waals surface area contributed by atoms with Crippen LogP contribution in [0.1, 0.15) is 322 Å². The van der Waals surface area contributed by atoms with Crippen LogP contribution in [0.4, 0.5) is 0 Å². The normalized spacial score (nSPS) is 12.9. The number of carbonyl (C=O) groups excluding carboxylic acids is 2. The van der Waals surface area contributed by atoms with Crippen molar-refractivity contribution < 1.29 is 24.2 Å². The smallest absolute Gasteiger partial charge is 0.306 e. The zero-order valence-electron chi connectivity index (χ0n) is 51.4. The molecule has 78 heavy (non-hydrogen) atoms. The van der Waals surface area contributed by atoms with Crippen LogP contribution in [0.3, 0.4) is 0 Å². The third-order valence-corrected chi connectivity index (χ3v) is 14.6. The van der Waals surface area contributed by atoms with Crippen molar-refractivity contribution in [1.82, 2.24) is 0 Å². The minimum absolute atomic E-state index is 0.0725. The van der Waals surface area contributed by atoms with E-state index in [-0.39, 0.29) is 25.2 Å². The highest BCUT2D eigenvalue weighted by Crippen LogP contribution is 2.18. The lowest BCUT2D eigenvalue weighted by Crippen LogP contribution is -2.28. The van der Waals surface area contributed by atoms with Crippen LogP contribution < -0.4 is 0 Å². The second-order valence-electron chi connectivity index (χ2n) is 22.2. The summed E-state index contributed by atoms with van der Waals surface area (Å²) in [4.78, 5) is 24.6. The average Bonchev–Trinajstić information content (AvgIpc) is 3.44. The summed E-state index contributed by atoms with van der Waals surface area (Å²) in [6, 6.07) is 0. The number of ether oxygens (including phenoxy) is 2. The summed E-state index contributed by atoms with van der Waals surface area (Å²) in [5.74, 6) is -0.596. The highest BCUT2D eigenvalue weighted by atomic mass is 16.6. The van der Waals surface area contributed by atoms with Gasteiger partial charge in [-0.3, -0.25) is 9.59 Å². The van der Waals surface area contributed by atoms with E-state index < -0.39 is 6.10 Å². The van der Waals surface area contributed by atoms with Crippen molar-refractivity contribution in [2.75, 3.05) is 13.2 Å². The minimum atomic E-state index is -0.785. The predicted molar refractivity (Wildman–Crippen MR) is 343 cm³/mol. The summed E-state index contributed by atoms with van der Waals surface area (Å²) >= 11 is 0. The first kappa shape index (κ1) is 74.6. The summed E-state index contributed by atoms with van der Waals surface area (Å²) in [5.41, 5.74) is 0. The molecule has 5 nitrogen and oxygen atoms in total. The number of allylic oxidation sites excluding steroid dienone is 18. The molecule has 0 aromatic rings. The molecule has 1 atom stereocenters. The largest absolute Gasteiger partial charge is 0.462 e. The van der Waals surface area contributed by atoms with Crippen molar-refractivity contribution in [2.45, 2.75) is 328 Å². The lowest BCUT2D eigenvalue weighted by molar-refractivity contribution is -0.161. The summed E-state index contributed by atoms with van der Waals surface area (Å²) in [5, 5.41) is 9.69. The molecule has 0 aliphatic heterocycles. The van der Waals surface area contributed by atoms with E-state index in [4.69, 9.17) is 9.47 Å². The van der Waals surface area contributed by atoms with Crippen LogP contribution in [-0.4, -0.2) is 36.4 Å². The monoisotopic (exact) mass is 1080 g/mol. The number of rotatable bonds is 61. The van der Waals surface area contributed by atoms with Crippen LogP contribution in [0.15, 0.2) is 109 Å². The number of aliphatic hydroxyl groups is 1. The SMILES string of the molecule is CC/C=C\C/C=C\C/C=C\C/C=C\C/C=C\C/C=C\C/C=C\C/C=C\C/C=C\CCCCCCCCCC(=O)OC(CO)COC(=O)CCCCCCCCCCCCCCCCCCCCCCCCCCCCCCC. The Bertz CT molecular complexity index is 1510. The van der Waals surface area contributed by atoms with Crippen molar-refractivity contribution >= 4 is 11.9 Å². The third-order valence-electron chi connectivity index (χ3n) is 14.6. The van der Waals surface area contributed by atoms with Gasteiger partial charge in [-0.2, -0.15) is 0 Å². The fourth-order valence-corrected chi connectivity index (χ4v) is 9.61. The van der Waals surface area contributed by atoms with Gasteiger partial charge in [-0.25, -0.2) is 0 Å². The molecule has 0 fully saturated rings. The zero-order chi connectivity index (χ0) is 56.2. The van der Waals surface area contributed by atoms with Crippen molar-refractivity contribution in [2.24, 2.45) is 0 Å². The van der Waals surface area contributed by atoms with Crippen LogP contribution in [0, 0.1) is 0 Å². The van der Waals surface area contributed by atoms with Gasteiger partial charge in [-0.1, -0.05) is 335 Å². The molecule has 0 rings (SSSR count). The van der Waals surface area contributed by atoms with Gasteiger partial charge in [0.2, 0.25) is 0 Å². The maximum absolute atomic E-state index is 12.4. The van der Waals surface area contributed by atoms with E-state index in [9.17, 15) is 14.7 Å². The number of aliphatic hydroxyl groups excluding tert-OH is 1. The van der Waals surface area contributed by atoms with Crippen LogP contribution in [-0.2, 0) is 19.1 Å². The minimum Gasteiger partial charge on any atom is -0.462 e. The Labute approximate surface area is 484 Å². The van der Waals surface area contributed by atoms with E-state index in [0.29, 0.717) is 12.8 Å². The van der Waals surface area contributed by atoms with Crippen LogP contribution in [0.2, 0.25) is 0 Å². The first-order chi connectivity index (χ1) is 38.6. The molecule has 0 aromatic heterocycles. The molecule has 0 bridgehead atoms. The standard InChI is InChI=1S/C73H126O5/c1-3-5-7-9-11-13-15-17-19-21-23-25-27-29-31-33-34-35-36-37-38-40-42-44-46-48-50-52-54-56-58-60-62-64-66-68-73(76)78-71(69-74)70-77-72(75)67-65-63-61-59-57-55-53-51-49-47-45-43-41-39-32-30-28-26-24-22-20-18-16-14-12-10-8-6-4-2/h5,7,11,13,17,19,23,25,29,31,34-35,37-38,42,44,48,50,71,74H,3-4,6,8-10,12,14-16,18,20-22,24,26-28,30,32-33,36,39-41,43,45-47,49,51-70H2,1-2H3/b7-5-,13-11-,19-17-,25-23-,31-29-,35-34-,38-37-,44-42-,50-48-. The number of hydrogen-bond acceptors (Lipinski definition) is 5. The van der Waals surface area contributed by atoms with Gasteiger partial charge in [0.05, 0.1) is 6.61 Å². The molecule has 0 spiro atoms. The van der Waals surface area contributed by atoms with Crippen LogP contribution in [0.5, 0.6) is 0 Å². The van der Waals surface area contributed by atoms with Crippen LogP contribution >= 0.6 is 0 Å². The summed E-state index contributed by atoms with van der Waals surface area (Å²) in [7, 11) is 0. The molecule has 0 aromatic carbocycles. The summed E-state index contributed by atoms with van der Waals surface area (Å²) in [6.45, 7) is 4.05. The lowest BCUT2D eigenvalue weighted by atomic mass is 10.0. The molecule has 0 aliphatic rings. The van der Waals surface area contributed by atoms with Gasteiger partial charge in [0, 0.05) is 12.8 Å². The Balaban J connectivity index is 3.52. The average molecular weight is 1080 g/mol. The van der Waals surface area contributed by atoms with Gasteiger partial charge in [0.15, 0.2) is 6.10 Å². The number of carbonyl (C=O) groups is 2. The van der Waals surface area contributed by atoms with Gasteiger partial charge in [0.25, 0.3) is 0 Å². The predicted octanol–water partition coefficient (Wildman–Crippen LogP) is 23.2. The molecule has 5 heteroatoms. The quantitative estimate of drug-likeness (QED) is 0.0373. The molecule has 0 radical (unpaired) electrons. The van der Waals surface area contributed by atoms with Crippen molar-refractivity contribution in [3.05, 3.63) is 109 Å². The van der Waals surface area contributed by atoms with Crippen molar-refractivity contribution in [1.29, 1.82) is 0 Å². The zero-order valence-corrected chi connectivity index (χ0v) is 51.4. The van der Waals surface area contributed by atoms with E-state index in [2.05, 4.69) is 123 Å². The number of hydrogen-bond donors (Lipinski definition) is 1. The molecule has 0 saturated carbocycles. The molecule has 1 unspecified atom stereocenters. The topological polar surface area (TPSA) is 72.8 Å². The Morgan fingerprint density at radius 1 is 0.308 bits per heavy atom. The van der Waals surface area contributed by atoms with E-state index in [1.807, 2.05) is 0 Å². The number of unbranched alkanes of at least 4 members (excludes halogenated alkanes) is 35. The van der Waals surface area contributed by atoms with Gasteiger partial charge in [-0.05, 0) is 83.5 Å². The fraction of sp³-hybridized carbons (Fsp3) is 0.726. The van der Waals surface area contributed by atoms with Gasteiger partial charge in [-0.15, -0.1) is 0 Å². The second-order valence-corrected chi connectivity index (χ2v) is 22.2. The van der Waals surface area contributed by atoms with Gasteiger partial charge < -0.3 is 14.6 Å². The lowest BCUT2D eigenvalue weighted by Gasteiger charge is -2.15.